The number of benzene rings is 2. The highest BCUT2D eigenvalue weighted by atomic mass is 79.9. The lowest BCUT2D eigenvalue weighted by Crippen LogP contribution is -2.21. The number of hydrogen-bond donors (Lipinski definition) is 2. The molecule has 3 nitrogen and oxygen atoms in total. The highest BCUT2D eigenvalue weighted by Crippen LogP contribution is 2.20. The second kappa shape index (κ2) is 6.77. The first-order valence-corrected chi connectivity index (χ1v) is 7.27. The summed E-state index contributed by atoms with van der Waals surface area (Å²) >= 11 is 9.23. The Bertz CT molecular complexity index is 614. The molecule has 20 heavy (non-hydrogen) atoms. The third-order valence-electron chi connectivity index (χ3n) is 2.74. The van der Waals surface area contributed by atoms with Crippen molar-refractivity contribution < 1.29 is 4.79 Å². The van der Waals surface area contributed by atoms with E-state index in [1.54, 1.807) is 12.1 Å². The monoisotopic (exact) mass is 352 g/mol. The Hall–Kier alpha value is -1.52. The summed E-state index contributed by atoms with van der Waals surface area (Å²) in [4.78, 5) is 11.8. The number of halogens is 2. The Labute approximate surface area is 131 Å². The summed E-state index contributed by atoms with van der Waals surface area (Å²) in [6.45, 7) is 2.18. The summed E-state index contributed by atoms with van der Waals surface area (Å²) in [6, 6.07) is 12.9. The average Bonchev–Trinajstić information content (AvgIpc) is 2.42. The highest BCUT2D eigenvalue weighted by molar-refractivity contribution is 9.10. The number of nitrogens with one attached hydrogen (secondary N) is 2. The molecule has 2 rings (SSSR count). The van der Waals surface area contributed by atoms with Crippen LogP contribution in [0.25, 0.3) is 0 Å². The van der Waals surface area contributed by atoms with Gasteiger partial charge in [0.2, 0.25) is 5.91 Å². The van der Waals surface area contributed by atoms with Crippen LogP contribution in [0.2, 0.25) is 5.02 Å². The molecule has 0 unspecified atom stereocenters. The Morgan fingerprint density at radius 1 is 1.15 bits per heavy atom. The first kappa shape index (κ1) is 14.9. The molecule has 2 aromatic carbocycles. The molecule has 0 saturated carbocycles. The van der Waals surface area contributed by atoms with Crippen LogP contribution in [0.1, 0.15) is 5.56 Å². The van der Waals surface area contributed by atoms with Gasteiger partial charge in [0, 0.05) is 20.9 Å². The van der Waals surface area contributed by atoms with E-state index < -0.39 is 0 Å². The lowest BCUT2D eigenvalue weighted by molar-refractivity contribution is -0.114. The summed E-state index contributed by atoms with van der Waals surface area (Å²) in [5, 5.41) is 6.55. The number of hydrogen-bond acceptors (Lipinski definition) is 2. The van der Waals surface area contributed by atoms with Gasteiger partial charge in [-0.05, 0) is 55.0 Å². The van der Waals surface area contributed by atoms with E-state index in [0.29, 0.717) is 5.02 Å². The molecule has 0 aliphatic heterocycles. The number of carbonyl (C=O) groups is 1. The zero-order valence-electron chi connectivity index (χ0n) is 10.9. The number of anilines is 2. The largest absolute Gasteiger partial charge is 0.376 e. The van der Waals surface area contributed by atoms with Crippen LogP contribution in [0, 0.1) is 6.92 Å². The summed E-state index contributed by atoms with van der Waals surface area (Å²) in [7, 11) is 0. The maximum atomic E-state index is 11.8. The second-order valence-electron chi connectivity index (χ2n) is 4.37. The third kappa shape index (κ3) is 4.25. The fourth-order valence-electron chi connectivity index (χ4n) is 1.68. The van der Waals surface area contributed by atoms with Gasteiger partial charge in [0.15, 0.2) is 0 Å². The molecule has 0 radical (unpaired) electrons. The second-order valence-corrected chi connectivity index (χ2v) is 5.66. The van der Waals surface area contributed by atoms with E-state index in [1.165, 1.54) is 0 Å². The maximum Gasteiger partial charge on any atom is 0.243 e. The molecular weight excluding hydrogens is 340 g/mol. The molecule has 1 amide bonds. The van der Waals surface area contributed by atoms with E-state index in [4.69, 9.17) is 11.6 Å². The van der Waals surface area contributed by atoms with Crippen molar-refractivity contribution in [2.75, 3.05) is 17.2 Å². The Morgan fingerprint density at radius 3 is 2.45 bits per heavy atom. The minimum absolute atomic E-state index is 0.0957. The zero-order chi connectivity index (χ0) is 14.5. The van der Waals surface area contributed by atoms with Crippen molar-refractivity contribution in [3.8, 4) is 0 Å². The molecular formula is C15H14BrClN2O. The van der Waals surface area contributed by atoms with Gasteiger partial charge >= 0.3 is 0 Å². The summed E-state index contributed by atoms with van der Waals surface area (Å²) < 4.78 is 1.02. The molecule has 2 N–H and O–H groups in total. The molecule has 0 heterocycles. The smallest absolute Gasteiger partial charge is 0.243 e. The molecule has 104 valence electrons. The lowest BCUT2D eigenvalue weighted by Gasteiger charge is -2.09. The fourth-order valence-corrected chi connectivity index (χ4v) is 2.05. The Morgan fingerprint density at radius 2 is 1.80 bits per heavy atom. The van der Waals surface area contributed by atoms with Gasteiger partial charge in [-0.25, -0.2) is 0 Å². The van der Waals surface area contributed by atoms with Crippen LogP contribution in [0.15, 0.2) is 46.9 Å². The van der Waals surface area contributed by atoms with Crippen molar-refractivity contribution in [1.29, 1.82) is 0 Å². The van der Waals surface area contributed by atoms with Crippen molar-refractivity contribution in [2.45, 2.75) is 6.92 Å². The quantitative estimate of drug-likeness (QED) is 0.852. The first-order valence-electron chi connectivity index (χ1n) is 6.10. The molecule has 0 aliphatic rings. The molecule has 5 heteroatoms. The van der Waals surface area contributed by atoms with Crippen molar-refractivity contribution in [2.24, 2.45) is 0 Å². The van der Waals surface area contributed by atoms with Crippen molar-refractivity contribution in [3.05, 3.63) is 57.5 Å². The SMILES string of the molecule is Cc1cc(NC(=O)CNc2ccc(Cl)cc2)ccc1Br. The third-order valence-corrected chi connectivity index (χ3v) is 3.88. The number of aryl methyl sites for hydroxylation is 1. The van der Waals surface area contributed by atoms with Gasteiger partial charge in [-0.3, -0.25) is 4.79 Å². The van der Waals surface area contributed by atoms with Crippen LogP contribution in [0.3, 0.4) is 0 Å². The van der Waals surface area contributed by atoms with Gasteiger partial charge < -0.3 is 10.6 Å². The van der Waals surface area contributed by atoms with Gasteiger partial charge in [0.25, 0.3) is 0 Å². The molecule has 0 aliphatic carbocycles. The molecule has 2 aromatic rings. The van der Waals surface area contributed by atoms with Gasteiger partial charge in [-0.1, -0.05) is 27.5 Å². The predicted octanol–water partition coefficient (Wildman–Crippen LogP) is 4.46. The van der Waals surface area contributed by atoms with Crippen LogP contribution in [0.5, 0.6) is 0 Å². The maximum absolute atomic E-state index is 11.8. The van der Waals surface area contributed by atoms with Crippen molar-refractivity contribution >= 4 is 44.8 Å². The number of carbonyl (C=O) groups excluding carboxylic acids is 1. The zero-order valence-corrected chi connectivity index (χ0v) is 13.3. The molecule has 0 spiro atoms. The van der Waals surface area contributed by atoms with E-state index in [2.05, 4.69) is 26.6 Å². The summed E-state index contributed by atoms with van der Waals surface area (Å²) in [5.41, 5.74) is 2.72. The molecule has 0 atom stereocenters. The number of amides is 1. The lowest BCUT2D eigenvalue weighted by atomic mass is 10.2. The van der Waals surface area contributed by atoms with E-state index in [9.17, 15) is 4.79 Å². The minimum atomic E-state index is -0.0957. The van der Waals surface area contributed by atoms with Gasteiger partial charge in [0.1, 0.15) is 0 Å². The normalized spacial score (nSPS) is 10.2. The molecule has 0 saturated heterocycles. The van der Waals surface area contributed by atoms with Crippen LogP contribution in [-0.4, -0.2) is 12.5 Å². The molecule has 0 bridgehead atoms. The minimum Gasteiger partial charge on any atom is -0.376 e. The van der Waals surface area contributed by atoms with Crippen LogP contribution in [0.4, 0.5) is 11.4 Å². The van der Waals surface area contributed by atoms with Crippen molar-refractivity contribution in [1.82, 2.24) is 0 Å². The van der Waals surface area contributed by atoms with Crippen LogP contribution >= 0.6 is 27.5 Å². The molecule has 0 fully saturated rings. The van der Waals surface area contributed by atoms with E-state index in [1.807, 2.05) is 37.3 Å². The van der Waals surface area contributed by atoms with Crippen LogP contribution in [-0.2, 0) is 4.79 Å². The van der Waals surface area contributed by atoms with Gasteiger partial charge in [-0.15, -0.1) is 0 Å². The Kier molecular flexibility index (Phi) is 5.04. The average molecular weight is 354 g/mol. The molecule has 0 aromatic heterocycles. The van der Waals surface area contributed by atoms with E-state index in [-0.39, 0.29) is 12.5 Å². The summed E-state index contributed by atoms with van der Waals surface area (Å²) in [6.07, 6.45) is 0. The standard InChI is InChI=1S/C15H14BrClN2O/c1-10-8-13(6-7-14(10)16)19-15(20)9-18-12-4-2-11(17)3-5-12/h2-8,18H,9H2,1H3,(H,19,20). The fraction of sp³-hybridized carbons (Fsp3) is 0.133. The van der Waals surface area contributed by atoms with Gasteiger partial charge in [0.05, 0.1) is 6.54 Å². The van der Waals surface area contributed by atoms with Gasteiger partial charge in [-0.2, -0.15) is 0 Å². The topological polar surface area (TPSA) is 41.1 Å². The highest BCUT2D eigenvalue weighted by Gasteiger charge is 2.03. The van der Waals surface area contributed by atoms with E-state index >= 15 is 0 Å². The van der Waals surface area contributed by atoms with E-state index in [0.717, 1.165) is 21.4 Å². The predicted molar refractivity (Wildman–Crippen MR) is 87.5 cm³/mol. The Balaban J connectivity index is 1.89. The van der Waals surface area contributed by atoms with Crippen molar-refractivity contribution in [3.63, 3.8) is 0 Å². The first-order chi connectivity index (χ1) is 9.54. The number of rotatable bonds is 4. The summed E-state index contributed by atoms with van der Waals surface area (Å²) in [5.74, 6) is -0.0957. The van der Waals surface area contributed by atoms with Crippen LogP contribution < -0.4 is 10.6 Å².